The number of oxime groups is 1. The minimum absolute atomic E-state index is 0.346. The van der Waals surface area contributed by atoms with Crippen LogP contribution < -0.4 is 0 Å². The van der Waals surface area contributed by atoms with Gasteiger partial charge in [0.2, 0.25) is 0 Å². The smallest absolute Gasteiger partial charge is 0.129 e. The van der Waals surface area contributed by atoms with E-state index in [9.17, 15) is 0 Å². The summed E-state index contributed by atoms with van der Waals surface area (Å²) in [5.41, 5.74) is 2.61. The van der Waals surface area contributed by atoms with Crippen molar-refractivity contribution in [1.82, 2.24) is 0 Å². The molecule has 0 unspecified atom stereocenters. The zero-order chi connectivity index (χ0) is 18.4. The third-order valence-electron chi connectivity index (χ3n) is 3.57. The van der Waals surface area contributed by atoms with E-state index in [0.717, 1.165) is 21.7 Å². The summed E-state index contributed by atoms with van der Waals surface area (Å²) in [6, 6.07) is 28.9. The summed E-state index contributed by atoms with van der Waals surface area (Å²) in [6.45, 7) is 6.01. The summed E-state index contributed by atoms with van der Waals surface area (Å²) in [7, 11) is 0. The molecule has 0 saturated heterocycles. The van der Waals surface area contributed by atoms with Gasteiger partial charge >= 0.3 is 0 Å². The van der Waals surface area contributed by atoms with Gasteiger partial charge in [0, 0.05) is 20.9 Å². The fraction of sp³-hybridized carbons (Fsp3) is 0.174. The first kappa shape index (κ1) is 18.3. The van der Waals surface area contributed by atoms with Gasteiger partial charge in [0.15, 0.2) is 0 Å². The number of hydrogen-bond acceptors (Lipinski definition) is 3. The van der Waals surface area contributed by atoms with E-state index in [1.165, 1.54) is 4.90 Å². The lowest BCUT2D eigenvalue weighted by atomic mass is 10.0. The topological polar surface area (TPSA) is 21.6 Å². The second kappa shape index (κ2) is 8.24. The van der Waals surface area contributed by atoms with Crippen LogP contribution >= 0.6 is 11.8 Å². The molecule has 26 heavy (non-hydrogen) atoms. The van der Waals surface area contributed by atoms with Gasteiger partial charge in [-0.2, -0.15) is 0 Å². The maximum Gasteiger partial charge on any atom is 0.129 e. The van der Waals surface area contributed by atoms with E-state index < -0.39 is 0 Å². The van der Waals surface area contributed by atoms with E-state index >= 15 is 0 Å². The predicted molar refractivity (Wildman–Crippen MR) is 110 cm³/mol. The van der Waals surface area contributed by atoms with Crippen molar-refractivity contribution in [2.45, 2.75) is 36.2 Å². The molecule has 0 heterocycles. The summed E-state index contributed by atoms with van der Waals surface area (Å²) in [5, 5.41) is 4.54. The van der Waals surface area contributed by atoms with Crippen molar-refractivity contribution in [3.05, 3.63) is 96.1 Å². The molecule has 3 aromatic carbocycles. The maximum absolute atomic E-state index is 5.78. The number of nitrogens with zero attached hydrogens (tertiary/aromatic N) is 1. The lowest BCUT2D eigenvalue weighted by Gasteiger charge is -2.18. The first-order chi connectivity index (χ1) is 12.5. The molecule has 0 radical (unpaired) electrons. The van der Waals surface area contributed by atoms with Gasteiger partial charge in [-0.1, -0.05) is 83.6 Å². The molecule has 3 rings (SSSR count). The van der Waals surface area contributed by atoms with Crippen molar-refractivity contribution in [2.75, 3.05) is 0 Å². The van der Waals surface area contributed by atoms with Crippen molar-refractivity contribution in [3.63, 3.8) is 0 Å². The fourth-order valence-electron chi connectivity index (χ4n) is 2.40. The van der Waals surface area contributed by atoms with Gasteiger partial charge in [-0.25, -0.2) is 0 Å². The third kappa shape index (κ3) is 4.99. The summed E-state index contributed by atoms with van der Waals surface area (Å²) in [4.78, 5) is 8.13. The lowest BCUT2D eigenvalue weighted by Crippen LogP contribution is -2.18. The highest BCUT2D eigenvalue weighted by molar-refractivity contribution is 7.99. The zero-order valence-electron chi connectivity index (χ0n) is 15.3. The summed E-state index contributed by atoms with van der Waals surface area (Å²) in [5.74, 6) is 0. The molecular formula is C23H23NOS. The Labute approximate surface area is 159 Å². The van der Waals surface area contributed by atoms with Crippen molar-refractivity contribution < 1.29 is 4.84 Å². The van der Waals surface area contributed by atoms with E-state index in [-0.39, 0.29) is 5.60 Å². The Balaban J connectivity index is 2.04. The van der Waals surface area contributed by atoms with E-state index in [1.807, 2.05) is 51.1 Å². The number of rotatable bonds is 5. The molecule has 0 saturated carbocycles. The maximum atomic E-state index is 5.78. The van der Waals surface area contributed by atoms with Crippen LogP contribution in [-0.4, -0.2) is 11.3 Å². The molecule has 0 aliphatic carbocycles. The number of hydrogen-bond donors (Lipinski definition) is 0. The van der Waals surface area contributed by atoms with Crippen LogP contribution in [0.5, 0.6) is 0 Å². The Bertz CT molecular complexity index is 867. The molecule has 0 amide bonds. The molecule has 0 bridgehead atoms. The Kier molecular flexibility index (Phi) is 5.79. The highest BCUT2D eigenvalue weighted by atomic mass is 32.2. The van der Waals surface area contributed by atoms with Crippen LogP contribution in [0.25, 0.3) is 0 Å². The predicted octanol–water partition coefficient (Wildman–Crippen LogP) is 6.41. The second-order valence-corrected chi connectivity index (χ2v) is 8.04. The SMILES string of the molecule is CC(C)(C)O/N=C(\c1ccccc1)c1ccccc1Sc1ccccc1. The van der Waals surface area contributed by atoms with Gasteiger partial charge in [0.05, 0.1) is 0 Å². The van der Waals surface area contributed by atoms with Crippen molar-refractivity contribution in [3.8, 4) is 0 Å². The van der Waals surface area contributed by atoms with Crippen LogP contribution in [0, 0.1) is 0 Å². The molecule has 0 spiro atoms. The number of benzene rings is 3. The molecule has 0 aliphatic heterocycles. The molecule has 0 aliphatic rings. The van der Waals surface area contributed by atoms with Gasteiger partial charge < -0.3 is 4.84 Å². The lowest BCUT2D eigenvalue weighted by molar-refractivity contribution is 0.00115. The summed E-state index contributed by atoms with van der Waals surface area (Å²) < 4.78 is 0. The van der Waals surface area contributed by atoms with Crippen LogP contribution in [0.3, 0.4) is 0 Å². The largest absolute Gasteiger partial charge is 0.390 e. The zero-order valence-corrected chi connectivity index (χ0v) is 16.2. The quantitative estimate of drug-likeness (QED) is 0.387. The molecule has 0 N–H and O–H groups in total. The minimum Gasteiger partial charge on any atom is -0.390 e. The molecular weight excluding hydrogens is 338 g/mol. The van der Waals surface area contributed by atoms with Crippen molar-refractivity contribution >= 4 is 17.5 Å². The van der Waals surface area contributed by atoms with Crippen molar-refractivity contribution in [2.24, 2.45) is 5.16 Å². The highest BCUT2D eigenvalue weighted by Crippen LogP contribution is 2.32. The van der Waals surface area contributed by atoms with Gasteiger partial charge in [-0.05, 0) is 39.0 Å². The van der Waals surface area contributed by atoms with E-state index in [1.54, 1.807) is 11.8 Å². The van der Waals surface area contributed by atoms with Crippen molar-refractivity contribution in [1.29, 1.82) is 0 Å². The van der Waals surface area contributed by atoms with Crippen LogP contribution in [-0.2, 0) is 4.84 Å². The van der Waals surface area contributed by atoms with Crippen LogP contribution in [0.2, 0.25) is 0 Å². The van der Waals surface area contributed by atoms with Gasteiger partial charge in [-0.15, -0.1) is 0 Å². The van der Waals surface area contributed by atoms with E-state index in [2.05, 4.69) is 59.8 Å². The molecule has 3 aromatic rings. The molecule has 0 fully saturated rings. The minimum atomic E-state index is -0.346. The van der Waals surface area contributed by atoms with Gasteiger partial charge in [0.1, 0.15) is 11.3 Å². The first-order valence-electron chi connectivity index (χ1n) is 8.67. The molecule has 0 atom stereocenters. The van der Waals surface area contributed by atoms with Gasteiger partial charge in [-0.3, -0.25) is 0 Å². The van der Waals surface area contributed by atoms with Gasteiger partial charge in [0.25, 0.3) is 0 Å². The van der Waals surface area contributed by atoms with Crippen LogP contribution in [0.1, 0.15) is 31.9 Å². The van der Waals surface area contributed by atoms with Crippen LogP contribution in [0.4, 0.5) is 0 Å². The Morgan fingerprint density at radius 1 is 0.769 bits per heavy atom. The average molecular weight is 362 g/mol. The second-order valence-electron chi connectivity index (χ2n) is 6.92. The molecule has 2 nitrogen and oxygen atoms in total. The standard InChI is InChI=1S/C23H23NOS/c1-23(2,3)25-24-22(18-12-6-4-7-13-18)20-16-10-11-17-21(20)26-19-14-8-5-9-15-19/h4-17H,1-3H3/b24-22+. The summed E-state index contributed by atoms with van der Waals surface area (Å²) in [6.07, 6.45) is 0. The highest BCUT2D eigenvalue weighted by Gasteiger charge is 2.16. The third-order valence-corrected chi connectivity index (χ3v) is 4.65. The Morgan fingerprint density at radius 3 is 2.00 bits per heavy atom. The first-order valence-corrected chi connectivity index (χ1v) is 9.48. The molecule has 0 aromatic heterocycles. The van der Waals surface area contributed by atoms with Crippen LogP contribution in [0.15, 0.2) is 99.9 Å². The fourth-order valence-corrected chi connectivity index (χ4v) is 3.37. The molecule has 3 heteroatoms. The summed E-state index contributed by atoms with van der Waals surface area (Å²) >= 11 is 1.73. The Hall–Kier alpha value is -2.52. The van der Waals surface area contributed by atoms with E-state index in [0.29, 0.717) is 0 Å². The van der Waals surface area contributed by atoms with E-state index in [4.69, 9.17) is 4.84 Å². The normalized spacial score (nSPS) is 12.0. The molecule has 132 valence electrons. The Morgan fingerprint density at radius 2 is 1.35 bits per heavy atom. The monoisotopic (exact) mass is 361 g/mol. The average Bonchev–Trinajstić information content (AvgIpc) is 2.64.